The quantitative estimate of drug-likeness (QED) is 0.421. The van der Waals surface area contributed by atoms with Gasteiger partial charge in [0.05, 0.1) is 23.7 Å². The fourth-order valence-corrected chi connectivity index (χ4v) is 4.89. The molecule has 0 bridgehead atoms. The summed E-state index contributed by atoms with van der Waals surface area (Å²) in [5, 5.41) is 9.79. The standard InChI is InChI=1S/C23H29N9O/c24-22(33)17-2-4-20(30(14-17)13-15-5-8-27-9-6-15)21-7-10-31(23(25)32(21)26)18-3-1-16-12-28-29-19(16)11-18/h1,3,5-9,11-12,17,20,23H,2,4,10,13-14,25-26H2,(H2,24,33)(H,28,29)/t17-,20?,23?/m0/s1. The number of benzene rings is 1. The first-order chi connectivity index (χ1) is 16.0. The summed E-state index contributed by atoms with van der Waals surface area (Å²) in [6.45, 7) is 1.89. The van der Waals surface area contributed by atoms with Crippen molar-refractivity contribution >= 4 is 22.5 Å². The number of hydrogen-bond acceptors (Lipinski definition) is 8. The summed E-state index contributed by atoms with van der Waals surface area (Å²) in [6.07, 6.45) is 8.47. The van der Waals surface area contributed by atoms with E-state index in [0.29, 0.717) is 19.6 Å². The van der Waals surface area contributed by atoms with Crippen LogP contribution < -0.4 is 22.2 Å². The number of primary amides is 1. The number of rotatable bonds is 5. The summed E-state index contributed by atoms with van der Waals surface area (Å²) in [7, 11) is 0. The maximum absolute atomic E-state index is 11.9. The van der Waals surface area contributed by atoms with Crippen molar-refractivity contribution < 1.29 is 4.79 Å². The highest BCUT2D eigenvalue weighted by atomic mass is 16.1. The van der Waals surface area contributed by atoms with Gasteiger partial charge in [-0.3, -0.25) is 30.5 Å². The van der Waals surface area contributed by atoms with E-state index in [2.05, 4.69) is 26.2 Å². The zero-order valence-electron chi connectivity index (χ0n) is 18.3. The van der Waals surface area contributed by atoms with Gasteiger partial charge in [-0.05, 0) is 54.8 Å². The van der Waals surface area contributed by atoms with Gasteiger partial charge < -0.3 is 10.6 Å². The SMILES string of the molecule is NC(=O)[C@H]1CCC(C2=CCN(c3ccc4cn[nH]c4c3)C(N)N2N)N(Cc2ccncc2)C1. The predicted octanol–water partition coefficient (Wildman–Crippen LogP) is 0.846. The minimum atomic E-state index is -0.526. The van der Waals surface area contributed by atoms with Gasteiger partial charge in [-0.25, -0.2) is 5.84 Å². The Morgan fingerprint density at radius 2 is 2.00 bits per heavy atom. The fraction of sp³-hybridized carbons (Fsp3) is 0.348. The second-order valence-electron chi connectivity index (χ2n) is 8.72. The number of aromatic amines is 1. The van der Waals surface area contributed by atoms with Crippen LogP contribution in [0.1, 0.15) is 18.4 Å². The number of carbonyl (C=O) groups excluding carboxylic acids is 1. The van der Waals surface area contributed by atoms with Crippen LogP contribution in [0.3, 0.4) is 0 Å². The molecule has 10 nitrogen and oxygen atoms in total. The lowest BCUT2D eigenvalue weighted by Gasteiger charge is -2.47. The molecule has 0 radical (unpaired) electrons. The van der Waals surface area contributed by atoms with E-state index in [0.717, 1.165) is 40.7 Å². The molecule has 1 saturated heterocycles. The number of hydrogen-bond donors (Lipinski definition) is 4. The Morgan fingerprint density at radius 3 is 2.79 bits per heavy atom. The van der Waals surface area contributed by atoms with Crippen molar-refractivity contribution in [2.75, 3.05) is 18.0 Å². The first-order valence-electron chi connectivity index (χ1n) is 11.1. The minimum Gasteiger partial charge on any atom is -0.369 e. The monoisotopic (exact) mass is 447 g/mol. The number of hydrazine groups is 1. The van der Waals surface area contributed by atoms with Crippen LogP contribution in [0.4, 0.5) is 5.69 Å². The number of aromatic nitrogens is 3. The number of likely N-dealkylation sites (tertiary alicyclic amines) is 1. The Balaban J connectivity index is 1.40. The van der Waals surface area contributed by atoms with Gasteiger partial charge in [0.1, 0.15) is 0 Å². The van der Waals surface area contributed by atoms with Crippen LogP contribution in [-0.2, 0) is 11.3 Å². The number of nitrogens with one attached hydrogen (secondary N) is 1. The Bertz CT molecular complexity index is 1160. The normalized spacial score (nSPS) is 24.2. The van der Waals surface area contributed by atoms with Crippen LogP contribution in [0.5, 0.6) is 0 Å². The van der Waals surface area contributed by atoms with Gasteiger partial charge in [0, 0.05) is 48.8 Å². The minimum absolute atomic E-state index is 0.0436. The van der Waals surface area contributed by atoms with E-state index in [1.165, 1.54) is 0 Å². The van der Waals surface area contributed by atoms with Gasteiger partial charge in [0.15, 0.2) is 6.29 Å². The second kappa shape index (κ2) is 8.81. The first kappa shape index (κ1) is 21.4. The molecule has 172 valence electrons. The van der Waals surface area contributed by atoms with Crippen LogP contribution in [0.2, 0.25) is 0 Å². The number of carbonyl (C=O) groups is 1. The third-order valence-electron chi connectivity index (χ3n) is 6.72. The topological polar surface area (TPSA) is 146 Å². The molecule has 5 rings (SSSR count). The second-order valence-corrected chi connectivity index (χ2v) is 8.72. The molecule has 4 heterocycles. The van der Waals surface area contributed by atoms with E-state index in [-0.39, 0.29) is 17.9 Å². The van der Waals surface area contributed by atoms with E-state index in [1.54, 1.807) is 23.6 Å². The van der Waals surface area contributed by atoms with Crippen LogP contribution in [-0.4, -0.2) is 56.4 Å². The smallest absolute Gasteiger partial charge is 0.221 e. The molecular formula is C23H29N9O. The van der Waals surface area contributed by atoms with Crippen LogP contribution >= 0.6 is 0 Å². The summed E-state index contributed by atoms with van der Waals surface area (Å²) in [6, 6.07) is 10.1. The van der Waals surface area contributed by atoms with Crippen molar-refractivity contribution in [2.45, 2.75) is 31.7 Å². The molecule has 2 unspecified atom stereocenters. The first-order valence-corrected chi connectivity index (χ1v) is 11.1. The number of nitrogens with two attached hydrogens (primary N) is 3. The molecule has 2 aliphatic heterocycles. The average Bonchev–Trinajstić information content (AvgIpc) is 3.30. The Kier molecular flexibility index (Phi) is 5.71. The van der Waals surface area contributed by atoms with E-state index in [9.17, 15) is 4.79 Å². The summed E-state index contributed by atoms with van der Waals surface area (Å²) in [4.78, 5) is 20.4. The van der Waals surface area contributed by atoms with Gasteiger partial charge in [-0.1, -0.05) is 0 Å². The number of H-pyrrole nitrogens is 1. The Morgan fingerprint density at radius 1 is 1.18 bits per heavy atom. The Labute approximate surface area is 192 Å². The molecule has 3 atom stereocenters. The fourth-order valence-electron chi connectivity index (χ4n) is 4.89. The van der Waals surface area contributed by atoms with Crippen molar-refractivity contribution in [1.29, 1.82) is 0 Å². The summed E-state index contributed by atoms with van der Waals surface area (Å²) in [5.41, 5.74) is 16.3. The molecule has 1 aromatic carbocycles. The number of piperidine rings is 1. The van der Waals surface area contributed by atoms with Crippen LogP contribution in [0, 0.1) is 5.92 Å². The highest BCUT2D eigenvalue weighted by molar-refractivity contribution is 5.82. The van der Waals surface area contributed by atoms with Gasteiger partial charge in [0.25, 0.3) is 0 Å². The predicted molar refractivity (Wildman–Crippen MR) is 126 cm³/mol. The number of nitrogens with zero attached hydrogens (tertiary/aromatic N) is 5. The van der Waals surface area contributed by atoms with Crippen molar-refractivity contribution in [2.24, 2.45) is 23.2 Å². The summed E-state index contributed by atoms with van der Waals surface area (Å²) >= 11 is 0. The number of anilines is 1. The number of pyridine rings is 1. The average molecular weight is 448 g/mol. The van der Waals surface area contributed by atoms with Gasteiger partial charge in [0.2, 0.25) is 5.91 Å². The van der Waals surface area contributed by atoms with Gasteiger partial charge >= 0.3 is 0 Å². The molecule has 1 amide bonds. The van der Waals surface area contributed by atoms with Crippen molar-refractivity contribution in [3.05, 3.63) is 66.3 Å². The molecule has 3 aromatic rings. The maximum atomic E-state index is 11.9. The molecule has 0 aliphatic carbocycles. The van der Waals surface area contributed by atoms with Crippen molar-refractivity contribution in [3.63, 3.8) is 0 Å². The largest absolute Gasteiger partial charge is 0.369 e. The lowest BCUT2D eigenvalue weighted by Crippen LogP contribution is -2.63. The van der Waals surface area contributed by atoms with Gasteiger partial charge in [-0.15, -0.1) is 0 Å². The zero-order valence-corrected chi connectivity index (χ0v) is 18.3. The molecule has 2 aliphatic rings. The highest BCUT2D eigenvalue weighted by Gasteiger charge is 2.37. The van der Waals surface area contributed by atoms with Crippen molar-refractivity contribution in [1.82, 2.24) is 25.1 Å². The maximum Gasteiger partial charge on any atom is 0.221 e. The van der Waals surface area contributed by atoms with E-state index < -0.39 is 6.29 Å². The molecule has 0 saturated carbocycles. The lowest BCUT2D eigenvalue weighted by molar-refractivity contribution is -0.124. The molecule has 1 fully saturated rings. The number of amides is 1. The van der Waals surface area contributed by atoms with E-state index in [4.69, 9.17) is 17.3 Å². The highest BCUT2D eigenvalue weighted by Crippen LogP contribution is 2.32. The third-order valence-corrected chi connectivity index (χ3v) is 6.72. The van der Waals surface area contributed by atoms with Gasteiger partial charge in [-0.2, -0.15) is 5.10 Å². The summed E-state index contributed by atoms with van der Waals surface area (Å²) < 4.78 is 0. The van der Waals surface area contributed by atoms with Crippen LogP contribution in [0.15, 0.2) is 60.7 Å². The van der Waals surface area contributed by atoms with E-state index in [1.807, 2.05) is 35.2 Å². The molecule has 33 heavy (non-hydrogen) atoms. The molecule has 7 N–H and O–H groups in total. The molecular weight excluding hydrogens is 418 g/mol. The molecule has 2 aromatic heterocycles. The third kappa shape index (κ3) is 4.15. The van der Waals surface area contributed by atoms with E-state index >= 15 is 0 Å². The zero-order chi connectivity index (χ0) is 22.9. The summed E-state index contributed by atoms with van der Waals surface area (Å²) in [5.74, 6) is 6.14. The Hall–Kier alpha value is -3.47. The lowest BCUT2D eigenvalue weighted by atomic mass is 9.89. The molecule has 0 spiro atoms. The number of fused-ring (bicyclic) bond motifs is 1. The van der Waals surface area contributed by atoms with Crippen molar-refractivity contribution in [3.8, 4) is 0 Å². The van der Waals surface area contributed by atoms with Crippen LogP contribution in [0.25, 0.3) is 10.9 Å². The molecule has 10 heteroatoms.